The fourth-order valence-corrected chi connectivity index (χ4v) is 5.89. The zero-order chi connectivity index (χ0) is 27.7. The van der Waals surface area contributed by atoms with E-state index in [-0.39, 0.29) is 29.9 Å². The van der Waals surface area contributed by atoms with E-state index in [2.05, 4.69) is 4.90 Å². The molecule has 2 heterocycles. The van der Waals surface area contributed by atoms with E-state index in [0.717, 1.165) is 35.2 Å². The van der Waals surface area contributed by atoms with Crippen LogP contribution < -0.4 is 9.47 Å². The molecule has 2 aromatic rings. The SMILES string of the molecule is COc1cc2c(cc1OC)[C@H]1C[C@H](O)CC[C@H]1N=C2c1ccc(C(=O)N2CCN(CC(=O)N(C)C)CC2)cc1. The van der Waals surface area contributed by atoms with E-state index < -0.39 is 0 Å². The number of piperazine rings is 1. The van der Waals surface area contributed by atoms with E-state index in [1.807, 2.05) is 41.3 Å². The Bertz CT molecular complexity index is 1250. The Kier molecular flexibility index (Phi) is 7.91. The van der Waals surface area contributed by atoms with Gasteiger partial charge < -0.3 is 24.4 Å². The van der Waals surface area contributed by atoms with Gasteiger partial charge in [0.25, 0.3) is 5.91 Å². The van der Waals surface area contributed by atoms with Gasteiger partial charge in [-0.05, 0) is 49.1 Å². The molecule has 0 aromatic heterocycles. The molecule has 0 bridgehead atoms. The maximum atomic E-state index is 13.2. The lowest BCUT2D eigenvalue weighted by Crippen LogP contribution is -2.51. The molecule has 9 heteroatoms. The minimum Gasteiger partial charge on any atom is -0.493 e. The first-order valence-electron chi connectivity index (χ1n) is 13.6. The predicted molar refractivity (Wildman–Crippen MR) is 149 cm³/mol. The number of fused-ring (bicyclic) bond motifs is 3. The summed E-state index contributed by atoms with van der Waals surface area (Å²) in [7, 11) is 6.77. The van der Waals surface area contributed by atoms with E-state index in [1.54, 1.807) is 33.2 Å². The van der Waals surface area contributed by atoms with Gasteiger partial charge >= 0.3 is 0 Å². The minimum atomic E-state index is -0.329. The lowest BCUT2D eigenvalue weighted by Gasteiger charge is -2.37. The van der Waals surface area contributed by atoms with E-state index in [9.17, 15) is 14.7 Å². The Labute approximate surface area is 230 Å². The highest BCUT2D eigenvalue weighted by Gasteiger charge is 2.37. The molecule has 3 atom stereocenters. The van der Waals surface area contributed by atoms with E-state index >= 15 is 0 Å². The van der Waals surface area contributed by atoms with Crippen molar-refractivity contribution in [2.45, 2.75) is 37.3 Å². The van der Waals surface area contributed by atoms with Crippen LogP contribution in [0.1, 0.15) is 52.2 Å². The van der Waals surface area contributed by atoms with Crippen LogP contribution in [0.25, 0.3) is 0 Å². The van der Waals surface area contributed by atoms with Crippen molar-refractivity contribution >= 4 is 17.5 Å². The first-order chi connectivity index (χ1) is 18.8. The van der Waals surface area contributed by atoms with Crippen LogP contribution >= 0.6 is 0 Å². The summed E-state index contributed by atoms with van der Waals surface area (Å²) >= 11 is 0. The Hall–Kier alpha value is -3.43. The number of carbonyl (C=O) groups is 2. The second-order valence-electron chi connectivity index (χ2n) is 10.8. The van der Waals surface area contributed by atoms with E-state index in [0.29, 0.717) is 56.2 Å². The maximum absolute atomic E-state index is 13.2. The third kappa shape index (κ3) is 5.51. The smallest absolute Gasteiger partial charge is 0.253 e. The van der Waals surface area contributed by atoms with Crippen molar-refractivity contribution in [3.63, 3.8) is 0 Å². The largest absolute Gasteiger partial charge is 0.493 e. The summed E-state index contributed by atoms with van der Waals surface area (Å²) in [6.45, 7) is 2.93. The number of nitrogens with zero attached hydrogens (tertiary/aromatic N) is 4. The highest BCUT2D eigenvalue weighted by atomic mass is 16.5. The van der Waals surface area contributed by atoms with Crippen LogP contribution in [0, 0.1) is 0 Å². The van der Waals surface area contributed by atoms with Gasteiger partial charge in [-0.25, -0.2) is 0 Å². The maximum Gasteiger partial charge on any atom is 0.253 e. The fraction of sp³-hybridized carbons (Fsp3) is 0.500. The van der Waals surface area contributed by atoms with Crippen LogP contribution in [0.15, 0.2) is 41.4 Å². The van der Waals surface area contributed by atoms with Gasteiger partial charge in [-0.1, -0.05) is 12.1 Å². The first-order valence-corrected chi connectivity index (χ1v) is 13.6. The molecule has 2 amide bonds. The summed E-state index contributed by atoms with van der Waals surface area (Å²) in [5.41, 5.74) is 4.55. The van der Waals surface area contributed by atoms with Gasteiger partial charge in [0, 0.05) is 62.9 Å². The summed E-state index contributed by atoms with van der Waals surface area (Å²) in [4.78, 5) is 36.0. The minimum absolute atomic E-state index is 0.00106. The number of benzene rings is 2. The number of carbonyl (C=O) groups excluding carboxylic acids is 2. The van der Waals surface area contributed by atoms with Crippen molar-refractivity contribution in [3.05, 3.63) is 58.7 Å². The quantitative estimate of drug-likeness (QED) is 0.612. The lowest BCUT2D eigenvalue weighted by molar-refractivity contribution is -0.130. The number of rotatable bonds is 6. The van der Waals surface area contributed by atoms with Crippen LogP contribution in [-0.4, -0.2) is 111 Å². The summed E-state index contributed by atoms with van der Waals surface area (Å²) in [5, 5.41) is 10.4. The van der Waals surface area contributed by atoms with Gasteiger partial charge in [-0.2, -0.15) is 0 Å². The zero-order valence-corrected chi connectivity index (χ0v) is 23.2. The number of hydrogen-bond donors (Lipinski definition) is 1. The first kappa shape index (κ1) is 27.1. The molecular weight excluding hydrogens is 496 g/mol. The molecule has 0 spiro atoms. The highest BCUT2D eigenvalue weighted by molar-refractivity contribution is 6.15. The highest BCUT2D eigenvalue weighted by Crippen LogP contribution is 2.44. The van der Waals surface area contributed by atoms with Crippen molar-refractivity contribution < 1.29 is 24.2 Å². The van der Waals surface area contributed by atoms with Gasteiger partial charge in [-0.3, -0.25) is 19.5 Å². The number of aliphatic hydroxyl groups is 1. The molecule has 1 saturated heterocycles. The van der Waals surface area contributed by atoms with Crippen LogP contribution in [0.3, 0.4) is 0 Å². The number of aliphatic imine (C=N–C) groups is 1. The number of hydrogen-bond acceptors (Lipinski definition) is 7. The van der Waals surface area contributed by atoms with Crippen LogP contribution in [0.2, 0.25) is 0 Å². The summed E-state index contributed by atoms with van der Waals surface area (Å²) < 4.78 is 11.2. The Balaban J connectivity index is 1.36. The van der Waals surface area contributed by atoms with Crippen LogP contribution in [0.5, 0.6) is 11.5 Å². The number of likely N-dealkylation sites (N-methyl/N-ethyl adjacent to an activating group) is 1. The third-order valence-electron chi connectivity index (χ3n) is 8.21. The summed E-state index contributed by atoms with van der Waals surface area (Å²) in [6, 6.07) is 11.8. The molecule has 1 saturated carbocycles. The molecule has 9 nitrogen and oxygen atoms in total. The van der Waals surface area contributed by atoms with Crippen molar-refractivity contribution in [3.8, 4) is 11.5 Å². The second-order valence-corrected chi connectivity index (χ2v) is 10.8. The fourth-order valence-electron chi connectivity index (χ4n) is 5.89. The van der Waals surface area contributed by atoms with Crippen molar-refractivity contribution in [2.75, 3.05) is 61.0 Å². The van der Waals surface area contributed by atoms with Crippen molar-refractivity contribution in [1.82, 2.24) is 14.7 Å². The monoisotopic (exact) mass is 534 g/mol. The molecule has 5 rings (SSSR count). The Morgan fingerprint density at radius 3 is 2.31 bits per heavy atom. The number of methoxy groups -OCH3 is 2. The van der Waals surface area contributed by atoms with Crippen LogP contribution in [0.4, 0.5) is 0 Å². The standard InChI is InChI=1S/C30H38N4O5/c1-32(2)28(36)18-33-11-13-34(14-12-33)30(37)20-7-5-19(6-8-20)29-24-17-27(39-4)26(38-3)16-22(24)23-15-21(35)9-10-25(23)31-29/h5-8,16-17,21,23,25,35H,9-15,18H2,1-4H3/t21-,23-,25-/m1/s1. The molecule has 2 aromatic carbocycles. The molecule has 0 radical (unpaired) electrons. The zero-order valence-electron chi connectivity index (χ0n) is 23.2. The molecule has 0 unspecified atom stereocenters. The molecule has 2 aliphatic heterocycles. The van der Waals surface area contributed by atoms with Gasteiger partial charge in [-0.15, -0.1) is 0 Å². The third-order valence-corrected chi connectivity index (χ3v) is 8.21. The average Bonchev–Trinajstić information content (AvgIpc) is 2.96. The normalized spacial score (nSPS) is 22.8. The van der Waals surface area contributed by atoms with Gasteiger partial charge in [0.2, 0.25) is 5.91 Å². The van der Waals surface area contributed by atoms with Gasteiger partial charge in [0.1, 0.15) is 0 Å². The second kappa shape index (κ2) is 11.4. The average molecular weight is 535 g/mol. The topological polar surface area (TPSA) is 94.9 Å². The summed E-state index contributed by atoms with van der Waals surface area (Å²) in [6.07, 6.45) is 1.91. The molecule has 208 valence electrons. The van der Waals surface area contributed by atoms with Gasteiger partial charge in [0.05, 0.1) is 38.6 Å². The molecule has 1 aliphatic carbocycles. The molecule has 39 heavy (non-hydrogen) atoms. The Morgan fingerprint density at radius 1 is 1.00 bits per heavy atom. The van der Waals surface area contributed by atoms with Crippen molar-refractivity contribution in [2.24, 2.45) is 4.99 Å². The van der Waals surface area contributed by atoms with Crippen LogP contribution in [-0.2, 0) is 4.79 Å². The number of ether oxygens (including phenoxy) is 2. The Morgan fingerprint density at radius 2 is 1.67 bits per heavy atom. The van der Waals surface area contributed by atoms with Crippen molar-refractivity contribution in [1.29, 1.82) is 0 Å². The summed E-state index contributed by atoms with van der Waals surface area (Å²) in [5.74, 6) is 1.50. The molecule has 3 aliphatic rings. The van der Waals surface area contributed by atoms with E-state index in [4.69, 9.17) is 14.5 Å². The molecule has 1 N–H and O–H groups in total. The number of amides is 2. The van der Waals surface area contributed by atoms with Gasteiger partial charge in [0.15, 0.2) is 11.5 Å². The number of aliphatic hydroxyl groups excluding tert-OH is 1. The lowest BCUT2D eigenvalue weighted by atomic mass is 9.74. The molecule has 2 fully saturated rings. The van der Waals surface area contributed by atoms with E-state index in [1.165, 1.54) is 0 Å². The molecular formula is C30H38N4O5. The predicted octanol–water partition coefficient (Wildman–Crippen LogP) is 2.40.